The molecule has 0 bridgehead atoms. The number of nitrogens with zero attached hydrogens (tertiary/aromatic N) is 1. The third-order valence-corrected chi connectivity index (χ3v) is 2.56. The van der Waals surface area contributed by atoms with Gasteiger partial charge in [-0.15, -0.1) is 0 Å². The van der Waals surface area contributed by atoms with Gasteiger partial charge in [0, 0.05) is 31.8 Å². The third kappa shape index (κ3) is 1.15. The Morgan fingerprint density at radius 1 is 1.36 bits per heavy atom. The van der Waals surface area contributed by atoms with Gasteiger partial charge in [-0.1, -0.05) is 18.7 Å². The highest BCUT2D eigenvalue weighted by Gasteiger charge is 2.25. The quantitative estimate of drug-likeness (QED) is 0.672. The molecule has 0 heterocycles. The lowest BCUT2D eigenvalue weighted by atomic mass is 10.1. The predicted molar refractivity (Wildman–Crippen MR) is 58.8 cm³/mol. The molecule has 1 aromatic rings. The Balaban J connectivity index is 2.68. The first-order chi connectivity index (χ1) is 6.61. The van der Waals surface area contributed by atoms with Crippen LogP contribution in [0.3, 0.4) is 0 Å². The average Bonchev–Trinajstić information content (AvgIpc) is 2.43. The number of carbonyl (C=O) groups excluding carboxylic acids is 1. The van der Waals surface area contributed by atoms with Gasteiger partial charge in [-0.3, -0.25) is 4.79 Å². The van der Waals surface area contributed by atoms with Crippen molar-refractivity contribution in [3.05, 3.63) is 35.9 Å². The maximum atomic E-state index is 11.7. The number of anilines is 1. The summed E-state index contributed by atoms with van der Waals surface area (Å²) < 4.78 is 0. The maximum absolute atomic E-state index is 11.7. The van der Waals surface area contributed by atoms with Gasteiger partial charge in [0.05, 0.1) is 0 Å². The molecule has 0 fully saturated rings. The molecule has 0 aromatic heterocycles. The van der Waals surface area contributed by atoms with Crippen LogP contribution in [0.1, 0.15) is 22.3 Å². The van der Waals surface area contributed by atoms with E-state index in [4.69, 9.17) is 0 Å². The van der Waals surface area contributed by atoms with E-state index in [9.17, 15) is 4.79 Å². The van der Waals surface area contributed by atoms with Crippen molar-refractivity contribution in [1.82, 2.24) is 0 Å². The topological polar surface area (TPSA) is 20.3 Å². The monoisotopic (exact) mass is 187 g/mol. The summed E-state index contributed by atoms with van der Waals surface area (Å²) in [6.07, 6.45) is 0.472. The molecule has 0 aliphatic heterocycles. The van der Waals surface area contributed by atoms with Crippen LogP contribution in [0.5, 0.6) is 0 Å². The summed E-state index contributed by atoms with van der Waals surface area (Å²) in [6.45, 7) is 3.91. The van der Waals surface area contributed by atoms with E-state index in [-0.39, 0.29) is 5.78 Å². The Labute approximate surface area is 83.8 Å². The minimum Gasteiger partial charge on any atom is -0.377 e. The average molecular weight is 187 g/mol. The standard InChI is InChI=1S/C12H13NO/c1-8-7-11(14)12-9(8)5-4-6-10(12)13(2)3/h4-6H,1,7H2,2-3H3. The van der Waals surface area contributed by atoms with Crippen molar-refractivity contribution in [2.75, 3.05) is 19.0 Å². The Morgan fingerprint density at radius 2 is 2.07 bits per heavy atom. The van der Waals surface area contributed by atoms with Crippen molar-refractivity contribution in [2.45, 2.75) is 6.42 Å². The van der Waals surface area contributed by atoms with Gasteiger partial charge in [0.25, 0.3) is 0 Å². The molecule has 0 saturated heterocycles. The van der Waals surface area contributed by atoms with E-state index in [0.717, 1.165) is 22.4 Å². The molecule has 0 spiro atoms. The fourth-order valence-electron chi connectivity index (χ4n) is 1.88. The Morgan fingerprint density at radius 3 is 2.71 bits per heavy atom. The largest absolute Gasteiger partial charge is 0.377 e. The van der Waals surface area contributed by atoms with Crippen LogP contribution in [0.4, 0.5) is 5.69 Å². The van der Waals surface area contributed by atoms with Crippen LogP contribution < -0.4 is 4.90 Å². The summed E-state index contributed by atoms with van der Waals surface area (Å²) in [5.74, 6) is 0.189. The lowest BCUT2D eigenvalue weighted by Gasteiger charge is -2.15. The van der Waals surface area contributed by atoms with Crippen LogP contribution in [-0.2, 0) is 0 Å². The van der Waals surface area contributed by atoms with Crippen molar-refractivity contribution in [1.29, 1.82) is 0 Å². The molecule has 0 N–H and O–H groups in total. The number of fused-ring (bicyclic) bond motifs is 1. The van der Waals surface area contributed by atoms with Gasteiger partial charge in [0.1, 0.15) is 0 Å². The minimum absolute atomic E-state index is 0.189. The van der Waals surface area contributed by atoms with Crippen LogP contribution in [0, 0.1) is 0 Å². The molecule has 1 aliphatic carbocycles. The van der Waals surface area contributed by atoms with Crippen molar-refractivity contribution >= 4 is 17.0 Å². The molecule has 1 aliphatic rings. The van der Waals surface area contributed by atoms with Crippen LogP contribution in [0.25, 0.3) is 5.57 Å². The number of benzene rings is 1. The Kier molecular flexibility index (Phi) is 1.92. The van der Waals surface area contributed by atoms with Crippen LogP contribution in [0.2, 0.25) is 0 Å². The van der Waals surface area contributed by atoms with Gasteiger partial charge in [0.15, 0.2) is 5.78 Å². The maximum Gasteiger partial charge on any atom is 0.169 e. The number of hydrogen-bond donors (Lipinski definition) is 0. The van der Waals surface area contributed by atoms with Crippen LogP contribution in [0.15, 0.2) is 24.8 Å². The summed E-state index contributed by atoms with van der Waals surface area (Å²) >= 11 is 0. The summed E-state index contributed by atoms with van der Waals surface area (Å²) in [6, 6.07) is 5.91. The molecule has 14 heavy (non-hydrogen) atoms. The molecule has 0 atom stereocenters. The molecule has 0 saturated carbocycles. The number of rotatable bonds is 1. The summed E-state index contributed by atoms with van der Waals surface area (Å²) in [4.78, 5) is 13.7. The SMILES string of the molecule is C=C1CC(=O)c2c1cccc2N(C)C. The highest BCUT2D eigenvalue weighted by atomic mass is 16.1. The van der Waals surface area contributed by atoms with E-state index in [1.54, 1.807) is 0 Å². The smallest absolute Gasteiger partial charge is 0.169 e. The zero-order chi connectivity index (χ0) is 10.3. The van der Waals surface area contributed by atoms with E-state index < -0.39 is 0 Å². The first-order valence-electron chi connectivity index (χ1n) is 4.63. The first-order valence-corrected chi connectivity index (χ1v) is 4.63. The molecule has 0 radical (unpaired) electrons. The van der Waals surface area contributed by atoms with Gasteiger partial charge in [-0.05, 0) is 17.2 Å². The van der Waals surface area contributed by atoms with E-state index in [2.05, 4.69) is 6.58 Å². The van der Waals surface area contributed by atoms with Gasteiger partial charge in [-0.25, -0.2) is 0 Å². The molecule has 0 unspecified atom stereocenters. The van der Waals surface area contributed by atoms with Crippen molar-refractivity contribution in [3.8, 4) is 0 Å². The molecule has 2 nitrogen and oxygen atoms in total. The molecular weight excluding hydrogens is 174 g/mol. The zero-order valence-electron chi connectivity index (χ0n) is 8.50. The number of ketones is 1. The number of carbonyl (C=O) groups is 1. The summed E-state index contributed by atoms with van der Waals surface area (Å²) in [7, 11) is 3.90. The second kappa shape index (κ2) is 2.98. The molecule has 2 heteroatoms. The van der Waals surface area contributed by atoms with Crippen molar-refractivity contribution in [2.24, 2.45) is 0 Å². The second-order valence-electron chi connectivity index (χ2n) is 3.80. The molecule has 1 aromatic carbocycles. The minimum atomic E-state index is 0.189. The first kappa shape index (κ1) is 9.00. The normalized spacial score (nSPS) is 14.4. The van der Waals surface area contributed by atoms with Gasteiger partial charge in [0.2, 0.25) is 0 Å². The van der Waals surface area contributed by atoms with Crippen LogP contribution in [-0.4, -0.2) is 19.9 Å². The Bertz CT molecular complexity index is 418. The summed E-state index contributed by atoms with van der Waals surface area (Å²) in [5, 5.41) is 0. The second-order valence-corrected chi connectivity index (χ2v) is 3.80. The number of hydrogen-bond acceptors (Lipinski definition) is 2. The molecule has 0 amide bonds. The zero-order valence-corrected chi connectivity index (χ0v) is 8.50. The van der Waals surface area contributed by atoms with Crippen molar-refractivity contribution < 1.29 is 4.79 Å². The molecule has 72 valence electrons. The Hall–Kier alpha value is -1.57. The predicted octanol–water partition coefficient (Wildman–Crippen LogP) is 2.35. The number of allylic oxidation sites excluding steroid dienone is 1. The van der Waals surface area contributed by atoms with Gasteiger partial charge < -0.3 is 4.90 Å². The molecular formula is C12H13NO. The van der Waals surface area contributed by atoms with Crippen molar-refractivity contribution in [3.63, 3.8) is 0 Å². The number of Topliss-reactive ketones (excluding diaryl/α,β-unsaturated/α-hetero) is 1. The lowest BCUT2D eigenvalue weighted by Crippen LogP contribution is -2.12. The van der Waals surface area contributed by atoms with E-state index in [1.165, 1.54) is 0 Å². The van der Waals surface area contributed by atoms with E-state index in [0.29, 0.717) is 6.42 Å². The van der Waals surface area contributed by atoms with E-state index in [1.807, 2.05) is 37.2 Å². The van der Waals surface area contributed by atoms with E-state index >= 15 is 0 Å². The fourth-order valence-corrected chi connectivity index (χ4v) is 1.88. The lowest BCUT2D eigenvalue weighted by molar-refractivity contribution is 0.100. The molecule has 2 rings (SSSR count). The summed E-state index contributed by atoms with van der Waals surface area (Å²) in [5.41, 5.74) is 3.78. The fraction of sp³-hybridized carbons (Fsp3) is 0.250. The van der Waals surface area contributed by atoms with Gasteiger partial charge >= 0.3 is 0 Å². The third-order valence-electron chi connectivity index (χ3n) is 2.56. The van der Waals surface area contributed by atoms with Gasteiger partial charge in [-0.2, -0.15) is 0 Å². The van der Waals surface area contributed by atoms with Crippen LogP contribution >= 0.6 is 0 Å². The highest BCUT2D eigenvalue weighted by Crippen LogP contribution is 2.36. The highest BCUT2D eigenvalue weighted by molar-refractivity contribution is 6.15.